The van der Waals surface area contributed by atoms with E-state index in [0.29, 0.717) is 60.4 Å². The standard InChI is InChI=1S/C26H33N9O5/c1-38-20-13-19-18(12-17(20)16(24(28)37)2-3-21(27)36)25(30-15-29-19)33-26-31-22(34-4-8-39-9-5-34)14-23(32-26)35-6-10-40-11-7-35/h12-16H,2-11H2,1H3,(H2,27,36)(H2,28,37)(H,29,30,31,32,33). The maximum atomic E-state index is 12.4. The number of rotatable bonds is 10. The predicted octanol–water partition coefficient (Wildman–Crippen LogP) is 0.680. The molecule has 0 radical (unpaired) electrons. The fraction of sp³-hybridized carbons (Fsp3) is 0.462. The quantitative estimate of drug-likeness (QED) is 0.321. The maximum Gasteiger partial charge on any atom is 0.232 e. The van der Waals surface area contributed by atoms with Crippen molar-refractivity contribution >= 4 is 46.1 Å². The lowest BCUT2D eigenvalue weighted by molar-refractivity contribution is -0.120. The summed E-state index contributed by atoms with van der Waals surface area (Å²) in [6.07, 6.45) is 1.57. The monoisotopic (exact) mass is 551 g/mol. The average molecular weight is 552 g/mol. The molecule has 5 rings (SSSR count). The van der Waals surface area contributed by atoms with Gasteiger partial charge < -0.3 is 40.8 Å². The molecule has 2 aliphatic rings. The summed E-state index contributed by atoms with van der Waals surface area (Å²) in [7, 11) is 1.50. The molecule has 3 aromatic rings. The van der Waals surface area contributed by atoms with Gasteiger partial charge in [0.05, 0.1) is 45.0 Å². The van der Waals surface area contributed by atoms with Crippen LogP contribution in [-0.4, -0.2) is 91.5 Å². The van der Waals surface area contributed by atoms with E-state index in [9.17, 15) is 9.59 Å². The van der Waals surface area contributed by atoms with Gasteiger partial charge in [-0.15, -0.1) is 0 Å². The molecule has 5 N–H and O–H groups in total. The van der Waals surface area contributed by atoms with Crippen molar-refractivity contribution in [1.29, 1.82) is 0 Å². The highest BCUT2D eigenvalue weighted by Gasteiger charge is 2.25. The van der Waals surface area contributed by atoms with Crippen LogP contribution in [0.3, 0.4) is 0 Å². The lowest BCUT2D eigenvalue weighted by Gasteiger charge is -2.31. The molecule has 1 atom stereocenters. The fourth-order valence-corrected chi connectivity index (χ4v) is 4.88. The zero-order valence-corrected chi connectivity index (χ0v) is 22.3. The topological polar surface area (TPSA) is 184 Å². The summed E-state index contributed by atoms with van der Waals surface area (Å²) < 4.78 is 16.6. The van der Waals surface area contributed by atoms with Crippen LogP contribution in [0.25, 0.3) is 10.9 Å². The third-order valence-electron chi connectivity index (χ3n) is 6.98. The van der Waals surface area contributed by atoms with Gasteiger partial charge in [0.2, 0.25) is 17.8 Å². The predicted molar refractivity (Wildman–Crippen MR) is 148 cm³/mol. The highest BCUT2D eigenvalue weighted by Crippen LogP contribution is 2.36. The first kappa shape index (κ1) is 27.3. The lowest BCUT2D eigenvalue weighted by atomic mass is 9.91. The number of hydrogen-bond acceptors (Lipinski definition) is 12. The Hall–Kier alpha value is -4.30. The van der Waals surface area contributed by atoms with Crippen LogP contribution in [0.2, 0.25) is 0 Å². The number of ether oxygens (including phenoxy) is 3. The SMILES string of the molecule is COc1cc2ncnc(Nc3nc(N4CCOCC4)cc(N4CCOCC4)n3)c2cc1C(CCC(N)=O)C(N)=O. The molecule has 2 amide bonds. The number of aromatic nitrogens is 4. The first-order valence-electron chi connectivity index (χ1n) is 13.1. The molecular formula is C26H33N9O5. The molecule has 0 bridgehead atoms. The second-order valence-electron chi connectivity index (χ2n) is 9.53. The number of carbonyl (C=O) groups excluding carboxylic acids is 2. The summed E-state index contributed by atoms with van der Waals surface area (Å²) >= 11 is 0. The van der Waals surface area contributed by atoms with Gasteiger partial charge in [0.1, 0.15) is 29.5 Å². The molecule has 2 aromatic heterocycles. The minimum absolute atomic E-state index is 0.00230. The van der Waals surface area contributed by atoms with Gasteiger partial charge in [-0.3, -0.25) is 9.59 Å². The van der Waals surface area contributed by atoms with Crippen LogP contribution in [0.4, 0.5) is 23.4 Å². The van der Waals surface area contributed by atoms with E-state index in [1.807, 2.05) is 6.07 Å². The van der Waals surface area contributed by atoms with Crippen LogP contribution in [0.1, 0.15) is 24.3 Å². The Balaban J connectivity index is 1.55. The third-order valence-corrected chi connectivity index (χ3v) is 6.98. The van der Waals surface area contributed by atoms with Gasteiger partial charge >= 0.3 is 0 Å². The molecule has 2 fully saturated rings. The van der Waals surface area contributed by atoms with Crippen LogP contribution >= 0.6 is 0 Å². The highest BCUT2D eigenvalue weighted by atomic mass is 16.5. The number of nitrogens with zero attached hydrogens (tertiary/aromatic N) is 6. The molecule has 14 heteroatoms. The van der Waals surface area contributed by atoms with E-state index >= 15 is 0 Å². The van der Waals surface area contributed by atoms with Crippen molar-refractivity contribution in [2.75, 3.05) is 74.8 Å². The highest BCUT2D eigenvalue weighted by molar-refractivity contribution is 5.94. The Labute approximate surface area is 231 Å². The molecular weight excluding hydrogens is 518 g/mol. The molecule has 0 aliphatic carbocycles. The van der Waals surface area contributed by atoms with E-state index in [4.69, 9.17) is 35.6 Å². The Morgan fingerprint density at radius 1 is 0.975 bits per heavy atom. The normalized spacial score (nSPS) is 16.5. The first-order valence-corrected chi connectivity index (χ1v) is 13.1. The summed E-state index contributed by atoms with van der Waals surface area (Å²) in [5.74, 6) is 0.875. The van der Waals surface area contributed by atoms with Gasteiger partial charge in [0, 0.05) is 55.7 Å². The number of nitrogens with one attached hydrogen (secondary N) is 1. The number of amides is 2. The van der Waals surface area contributed by atoms with Gasteiger partial charge in [-0.1, -0.05) is 0 Å². The minimum atomic E-state index is -0.797. The van der Waals surface area contributed by atoms with Crippen molar-refractivity contribution in [3.63, 3.8) is 0 Å². The van der Waals surface area contributed by atoms with Crippen molar-refractivity contribution in [1.82, 2.24) is 19.9 Å². The van der Waals surface area contributed by atoms with Crippen LogP contribution in [-0.2, 0) is 19.1 Å². The Kier molecular flexibility index (Phi) is 8.36. The number of primary amides is 2. The zero-order chi connectivity index (χ0) is 28.1. The molecule has 40 heavy (non-hydrogen) atoms. The van der Waals surface area contributed by atoms with Gasteiger partial charge in [-0.05, 0) is 12.5 Å². The number of morpholine rings is 2. The van der Waals surface area contributed by atoms with Crippen molar-refractivity contribution in [2.45, 2.75) is 18.8 Å². The van der Waals surface area contributed by atoms with Crippen molar-refractivity contribution < 1.29 is 23.8 Å². The zero-order valence-electron chi connectivity index (χ0n) is 22.3. The summed E-state index contributed by atoms with van der Waals surface area (Å²) in [5, 5.41) is 3.88. The number of carbonyl (C=O) groups is 2. The number of fused-ring (bicyclic) bond motifs is 1. The number of methoxy groups -OCH3 is 1. The Morgan fingerprint density at radius 3 is 2.15 bits per heavy atom. The molecule has 4 heterocycles. The van der Waals surface area contributed by atoms with E-state index in [-0.39, 0.29) is 12.8 Å². The van der Waals surface area contributed by atoms with Gasteiger partial charge in [0.25, 0.3) is 0 Å². The lowest BCUT2D eigenvalue weighted by Crippen LogP contribution is -2.39. The van der Waals surface area contributed by atoms with E-state index in [0.717, 1.165) is 37.8 Å². The molecule has 0 saturated carbocycles. The van der Waals surface area contributed by atoms with Gasteiger partial charge in [0.15, 0.2) is 0 Å². The molecule has 212 valence electrons. The summed E-state index contributed by atoms with van der Waals surface area (Å²) in [4.78, 5) is 46.6. The molecule has 2 aliphatic heterocycles. The van der Waals surface area contributed by atoms with E-state index in [2.05, 4.69) is 25.1 Å². The van der Waals surface area contributed by atoms with Crippen molar-refractivity contribution in [2.24, 2.45) is 11.5 Å². The van der Waals surface area contributed by atoms with Crippen LogP contribution < -0.4 is 31.3 Å². The smallest absolute Gasteiger partial charge is 0.232 e. The second-order valence-corrected chi connectivity index (χ2v) is 9.53. The maximum absolute atomic E-state index is 12.4. The third kappa shape index (κ3) is 6.13. The van der Waals surface area contributed by atoms with E-state index < -0.39 is 17.7 Å². The first-order chi connectivity index (χ1) is 19.4. The minimum Gasteiger partial charge on any atom is -0.496 e. The van der Waals surface area contributed by atoms with Gasteiger partial charge in [-0.2, -0.15) is 9.97 Å². The molecule has 0 spiro atoms. The summed E-state index contributed by atoms with van der Waals surface area (Å²) in [6, 6.07) is 5.45. The Morgan fingerprint density at radius 2 is 1.60 bits per heavy atom. The van der Waals surface area contributed by atoms with Crippen LogP contribution in [0.5, 0.6) is 5.75 Å². The number of hydrogen-bond donors (Lipinski definition) is 3. The summed E-state index contributed by atoms with van der Waals surface area (Å²) in [6.45, 7) is 5.37. The van der Waals surface area contributed by atoms with E-state index in [1.54, 1.807) is 12.1 Å². The second kappa shape index (κ2) is 12.3. The molecule has 2 saturated heterocycles. The van der Waals surface area contributed by atoms with Gasteiger partial charge in [-0.25, -0.2) is 9.97 Å². The van der Waals surface area contributed by atoms with Crippen LogP contribution in [0, 0.1) is 0 Å². The largest absolute Gasteiger partial charge is 0.496 e. The van der Waals surface area contributed by atoms with Crippen molar-refractivity contribution in [3.05, 3.63) is 30.1 Å². The Bertz CT molecular complexity index is 1340. The van der Waals surface area contributed by atoms with Crippen LogP contribution in [0.15, 0.2) is 24.5 Å². The average Bonchev–Trinajstić information content (AvgIpc) is 2.97. The summed E-state index contributed by atoms with van der Waals surface area (Å²) in [5.41, 5.74) is 12.1. The van der Waals surface area contributed by atoms with E-state index in [1.165, 1.54) is 13.4 Å². The molecule has 1 unspecified atom stereocenters. The number of nitrogens with two attached hydrogens (primary N) is 2. The fourth-order valence-electron chi connectivity index (χ4n) is 4.88. The van der Waals surface area contributed by atoms with Crippen molar-refractivity contribution in [3.8, 4) is 5.75 Å². The molecule has 14 nitrogen and oxygen atoms in total. The molecule has 1 aromatic carbocycles. The number of anilines is 4. The number of benzene rings is 1.